The summed E-state index contributed by atoms with van der Waals surface area (Å²) in [4.78, 5) is 10.8. The molecule has 1 heterocycles. The summed E-state index contributed by atoms with van der Waals surface area (Å²) in [6, 6.07) is 9.08. The molecule has 0 amide bonds. The van der Waals surface area contributed by atoms with Crippen LogP contribution in [0.25, 0.3) is 0 Å². The van der Waals surface area contributed by atoms with Crippen LogP contribution in [0, 0.1) is 10.1 Å². The minimum absolute atomic E-state index is 0.0837. The van der Waals surface area contributed by atoms with Crippen LogP contribution < -0.4 is 14.9 Å². The average molecular weight is 449 g/mol. The fourth-order valence-electron chi connectivity index (χ4n) is 3.11. The Morgan fingerprint density at radius 1 is 1.13 bits per heavy atom. The van der Waals surface area contributed by atoms with E-state index in [1.165, 1.54) is 16.4 Å². The monoisotopic (exact) mass is 448 g/mol. The Kier molecular flexibility index (Phi) is 6.76. The van der Waals surface area contributed by atoms with Crippen molar-refractivity contribution in [2.75, 3.05) is 31.7 Å². The van der Waals surface area contributed by atoms with Crippen molar-refractivity contribution in [1.29, 1.82) is 0 Å². The van der Waals surface area contributed by atoms with Gasteiger partial charge in [0.15, 0.2) is 11.5 Å². The number of hydrogen-bond acceptors (Lipinski definition) is 8. The highest BCUT2D eigenvalue weighted by molar-refractivity contribution is 7.89. The molecule has 0 saturated heterocycles. The zero-order chi connectivity index (χ0) is 22.6. The quantitative estimate of drug-likeness (QED) is 0.373. The lowest BCUT2D eigenvalue weighted by atomic mass is 10.1. The summed E-state index contributed by atoms with van der Waals surface area (Å²) in [5.74, 6) is 1.26. The van der Waals surface area contributed by atoms with E-state index in [1.807, 2.05) is 6.07 Å². The van der Waals surface area contributed by atoms with Crippen molar-refractivity contribution in [1.82, 2.24) is 4.31 Å². The van der Waals surface area contributed by atoms with Crippen molar-refractivity contribution < 1.29 is 22.8 Å². The maximum atomic E-state index is 12.7. The second-order valence-corrected chi connectivity index (χ2v) is 8.63. The third-order valence-electron chi connectivity index (χ3n) is 4.81. The van der Waals surface area contributed by atoms with Crippen LogP contribution in [0.5, 0.6) is 11.5 Å². The maximum Gasteiger partial charge on any atom is 0.295 e. The summed E-state index contributed by atoms with van der Waals surface area (Å²) in [6.45, 7) is 6.65. The molecule has 0 atom stereocenters. The smallest absolute Gasteiger partial charge is 0.295 e. The van der Waals surface area contributed by atoms with E-state index in [1.54, 1.807) is 32.9 Å². The van der Waals surface area contributed by atoms with E-state index < -0.39 is 14.9 Å². The predicted molar refractivity (Wildman–Crippen MR) is 116 cm³/mol. The number of nitrogens with one attached hydrogen (secondary N) is 1. The molecule has 0 unspecified atom stereocenters. The van der Waals surface area contributed by atoms with Gasteiger partial charge in [0.1, 0.15) is 18.9 Å². The number of nitro groups is 1. The summed E-state index contributed by atoms with van der Waals surface area (Å²) in [5.41, 5.74) is 3.69. The van der Waals surface area contributed by atoms with Gasteiger partial charge < -0.3 is 9.47 Å². The first-order valence-corrected chi connectivity index (χ1v) is 11.2. The van der Waals surface area contributed by atoms with E-state index in [0.717, 1.165) is 11.6 Å². The zero-order valence-corrected chi connectivity index (χ0v) is 18.3. The molecule has 2 aromatic carbocycles. The second kappa shape index (κ2) is 9.31. The number of nitrogens with zero attached hydrogens (tertiary/aromatic N) is 3. The Morgan fingerprint density at radius 2 is 1.81 bits per heavy atom. The molecular formula is C20H24N4O6S. The van der Waals surface area contributed by atoms with Crippen molar-refractivity contribution in [3.05, 3.63) is 52.1 Å². The van der Waals surface area contributed by atoms with Gasteiger partial charge in [-0.3, -0.25) is 15.5 Å². The van der Waals surface area contributed by atoms with Gasteiger partial charge in [0, 0.05) is 24.7 Å². The largest absolute Gasteiger partial charge is 0.486 e. The first-order valence-electron chi connectivity index (χ1n) is 9.76. The van der Waals surface area contributed by atoms with E-state index in [-0.39, 0.29) is 29.4 Å². The molecule has 0 aromatic heterocycles. The first-order chi connectivity index (χ1) is 14.8. The molecule has 31 heavy (non-hydrogen) atoms. The van der Waals surface area contributed by atoms with Gasteiger partial charge in [-0.25, -0.2) is 8.42 Å². The molecule has 1 aliphatic heterocycles. The average Bonchev–Trinajstić information content (AvgIpc) is 2.77. The summed E-state index contributed by atoms with van der Waals surface area (Å²) in [6.07, 6.45) is 0. The molecule has 166 valence electrons. The number of benzene rings is 2. The van der Waals surface area contributed by atoms with Crippen molar-refractivity contribution in [3.8, 4) is 11.5 Å². The fraction of sp³-hybridized carbons (Fsp3) is 0.350. The summed E-state index contributed by atoms with van der Waals surface area (Å²) < 4.78 is 37.7. The third kappa shape index (κ3) is 4.78. The lowest BCUT2D eigenvalue weighted by Crippen LogP contribution is -2.30. The maximum absolute atomic E-state index is 12.7. The molecule has 0 radical (unpaired) electrons. The van der Waals surface area contributed by atoms with Crippen LogP contribution in [0.1, 0.15) is 26.3 Å². The molecule has 11 heteroatoms. The van der Waals surface area contributed by atoms with E-state index in [9.17, 15) is 18.5 Å². The van der Waals surface area contributed by atoms with Crippen molar-refractivity contribution in [3.63, 3.8) is 0 Å². The Balaban J connectivity index is 1.88. The van der Waals surface area contributed by atoms with E-state index >= 15 is 0 Å². The predicted octanol–water partition coefficient (Wildman–Crippen LogP) is 3.23. The number of hydrogen-bond donors (Lipinski definition) is 1. The molecule has 0 spiro atoms. The van der Waals surface area contributed by atoms with Crippen LogP contribution in [0.15, 0.2) is 46.4 Å². The summed E-state index contributed by atoms with van der Waals surface area (Å²) in [5, 5.41) is 15.8. The van der Waals surface area contributed by atoms with Crippen LogP contribution >= 0.6 is 0 Å². The highest BCUT2D eigenvalue weighted by Gasteiger charge is 2.25. The minimum Gasteiger partial charge on any atom is -0.486 e. The van der Waals surface area contributed by atoms with Gasteiger partial charge in [-0.15, -0.1) is 0 Å². The SMILES string of the molecule is CCN(CC)S(=O)(=O)c1ccc(N/N=C(/C)c2ccc3c(c2)OCCO3)c([N+](=O)[O-])c1. The third-order valence-corrected chi connectivity index (χ3v) is 6.86. The van der Waals surface area contributed by atoms with E-state index in [0.29, 0.717) is 30.4 Å². The molecule has 1 aliphatic rings. The van der Waals surface area contributed by atoms with Gasteiger partial charge in [-0.05, 0) is 37.3 Å². The molecular weight excluding hydrogens is 424 g/mol. The molecule has 0 saturated carbocycles. The number of ether oxygens (including phenoxy) is 2. The van der Waals surface area contributed by atoms with Gasteiger partial charge >= 0.3 is 0 Å². The van der Waals surface area contributed by atoms with Gasteiger partial charge in [-0.1, -0.05) is 13.8 Å². The van der Waals surface area contributed by atoms with Crippen LogP contribution in [0.3, 0.4) is 0 Å². The minimum atomic E-state index is -3.82. The lowest BCUT2D eigenvalue weighted by Gasteiger charge is -2.19. The van der Waals surface area contributed by atoms with Crippen LogP contribution in [0.2, 0.25) is 0 Å². The van der Waals surface area contributed by atoms with Crippen molar-refractivity contribution in [2.24, 2.45) is 5.10 Å². The Labute approximate surface area is 180 Å². The highest BCUT2D eigenvalue weighted by atomic mass is 32.2. The molecule has 0 bridgehead atoms. The van der Waals surface area contributed by atoms with Gasteiger partial charge in [0.25, 0.3) is 5.69 Å². The van der Waals surface area contributed by atoms with E-state index in [4.69, 9.17) is 9.47 Å². The Morgan fingerprint density at radius 3 is 2.45 bits per heavy atom. The van der Waals surface area contributed by atoms with Gasteiger partial charge in [0.05, 0.1) is 15.5 Å². The number of rotatable bonds is 8. The highest BCUT2D eigenvalue weighted by Crippen LogP contribution is 2.32. The number of hydrazone groups is 1. The number of anilines is 1. The molecule has 1 N–H and O–H groups in total. The topological polar surface area (TPSA) is 123 Å². The number of sulfonamides is 1. The van der Waals surface area contributed by atoms with Crippen LogP contribution in [-0.4, -0.2) is 49.7 Å². The fourth-order valence-corrected chi connectivity index (χ4v) is 4.59. The van der Waals surface area contributed by atoms with Crippen molar-refractivity contribution in [2.45, 2.75) is 25.7 Å². The molecule has 2 aromatic rings. The summed E-state index contributed by atoms with van der Waals surface area (Å²) >= 11 is 0. The second-order valence-electron chi connectivity index (χ2n) is 6.69. The first kappa shape index (κ1) is 22.5. The van der Waals surface area contributed by atoms with Crippen LogP contribution in [-0.2, 0) is 10.0 Å². The molecule has 0 fully saturated rings. The van der Waals surface area contributed by atoms with Gasteiger partial charge in [-0.2, -0.15) is 9.41 Å². The van der Waals surface area contributed by atoms with Gasteiger partial charge in [0.2, 0.25) is 10.0 Å². The van der Waals surface area contributed by atoms with E-state index in [2.05, 4.69) is 10.5 Å². The number of fused-ring (bicyclic) bond motifs is 1. The Bertz CT molecular complexity index is 1110. The lowest BCUT2D eigenvalue weighted by molar-refractivity contribution is -0.384. The molecule has 10 nitrogen and oxygen atoms in total. The molecule has 0 aliphatic carbocycles. The molecule has 3 rings (SSSR count). The normalized spacial score (nSPS) is 13.9. The van der Waals surface area contributed by atoms with Crippen LogP contribution in [0.4, 0.5) is 11.4 Å². The zero-order valence-electron chi connectivity index (χ0n) is 17.5. The number of nitro benzene ring substituents is 1. The van der Waals surface area contributed by atoms with Crippen molar-refractivity contribution >= 4 is 27.1 Å². The Hall–Kier alpha value is -3.18. The summed E-state index contributed by atoms with van der Waals surface area (Å²) in [7, 11) is -3.82. The standard InChI is InChI=1S/C20H24N4O6S/c1-4-23(5-2)31(27,28)16-7-8-17(18(13-16)24(25)26)22-21-14(3)15-6-9-19-20(12-15)30-11-10-29-19/h6-9,12-13,22H,4-5,10-11H2,1-3H3/b21-14-.